The number of nitrogens with zero attached hydrogens (tertiary/aromatic N) is 2. The Morgan fingerprint density at radius 3 is 2.25 bits per heavy atom. The third-order valence-electron chi connectivity index (χ3n) is 4.84. The molecular formula is C20H35N3O. The Hall–Kier alpha value is -1.42. The smallest absolute Gasteiger partial charge is 0.231 e. The van der Waals surface area contributed by atoms with E-state index in [0.29, 0.717) is 5.82 Å². The molecule has 0 bridgehead atoms. The van der Waals surface area contributed by atoms with E-state index in [0.717, 1.165) is 44.6 Å². The van der Waals surface area contributed by atoms with Gasteiger partial charge >= 0.3 is 0 Å². The molecule has 0 aromatic carbocycles. The van der Waals surface area contributed by atoms with E-state index in [9.17, 15) is 4.79 Å². The molecule has 1 N–H and O–H groups in total. The Morgan fingerprint density at radius 1 is 1.17 bits per heavy atom. The number of rotatable bonds is 9. The first kappa shape index (κ1) is 20.6. The van der Waals surface area contributed by atoms with Crippen molar-refractivity contribution in [2.75, 3.05) is 18.4 Å². The standard InChI is InChI=1S/C20H35N3O/c1-8-11-23(12-9-2)14-17-13-18(21-16(5)15(17)4)22-19(24)20(6,7)10-3/h13H,8-12,14H2,1-7H3,(H,21,22,24). The number of amides is 1. The van der Waals surface area contributed by atoms with Crippen LogP contribution in [0.2, 0.25) is 0 Å². The maximum absolute atomic E-state index is 12.4. The zero-order valence-electron chi connectivity index (χ0n) is 16.6. The zero-order chi connectivity index (χ0) is 18.3. The molecule has 24 heavy (non-hydrogen) atoms. The summed E-state index contributed by atoms with van der Waals surface area (Å²) in [4.78, 5) is 19.5. The lowest BCUT2D eigenvalue weighted by Gasteiger charge is -2.24. The summed E-state index contributed by atoms with van der Waals surface area (Å²) in [6.07, 6.45) is 3.10. The molecule has 1 amide bonds. The van der Waals surface area contributed by atoms with Crippen molar-refractivity contribution in [1.29, 1.82) is 0 Å². The number of anilines is 1. The second kappa shape index (κ2) is 9.16. The summed E-state index contributed by atoms with van der Waals surface area (Å²) in [6, 6.07) is 2.05. The van der Waals surface area contributed by atoms with Crippen LogP contribution in [0, 0.1) is 19.3 Å². The van der Waals surface area contributed by atoms with E-state index in [2.05, 4.69) is 36.0 Å². The average molecular weight is 334 g/mol. The third kappa shape index (κ3) is 5.59. The van der Waals surface area contributed by atoms with E-state index in [1.54, 1.807) is 0 Å². The Morgan fingerprint density at radius 2 is 1.75 bits per heavy atom. The molecule has 0 aliphatic heterocycles. The highest BCUT2D eigenvalue weighted by Gasteiger charge is 2.25. The largest absolute Gasteiger partial charge is 0.310 e. The van der Waals surface area contributed by atoms with Crippen LogP contribution in [0.1, 0.15) is 70.7 Å². The summed E-state index contributed by atoms with van der Waals surface area (Å²) in [5.74, 6) is 0.707. The first-order chi connectivity index (χ1) is 11.2. The van der Waals surface area contributed by atoms with Crippen molar-refractivity contribution in [3.63, 3.8) is 0 Å². The van der Waals surface area contributed by atoms with E-state index < -0.39 is 0 Å². The number of nitrogens with one attached hydrogen (secondary N) is 1. The van der Waals surface area contributed by atoms with Crippen LogP contribution >= 0.6 is 0 Å². The molecule has 0 saturated carbocycles. The molecule has 1 aromatic heterocycles. The number of hydrogen-bond donors (Lipinski definition) is 1. The molecule has 4 heteroatoms. The maximum Gasteiger partial charge on any atom is 0.231 e. The Balaban J connectivity index is 3.02. The van der Waals surface area contributed by atoms with Gasteiger partial charge in [-0.15, -0.1) is 0 Å². The quantitative estimate of drug-likeness (QED) is 0.713. The van der Waals surface area contributed by atoms with Gasteiger partial charge in [-0.05, 0) is 63.4 Å². The van der Waals surface area contributed by atoms with Gasteiger partial charge in [-0.1, -0.05) is 34.6 Å². The number of aromatic nitrogens is 1. The van der Waals surface area contributed by atoms with Crippen LogP contribution in [0.25, 0.3) is 0 Å². The highest BCUT2D eigenvalue weighted by atomic mass is 16.2. The maximum atomic E-state index is 12.4. The molecule has 0 radical (unpaired) electrons. The summed E-state index contributed by atoms with van der Waals surface area (Å²) in [7, 11) is 0. The van der Waals surface area contributed by atoms with E-state index >= 15 is 0 Å². The highest BCUT2D eigenvalue weighted by Crippen LogP contribution is 2.24. The molecule has 0 aliphatic carbocycles. The molecule has 1 heterocycles. The van der Waals surface area contributed by atoms with Crippen molar-refractivity contribution in [2.24, 2.45) is 5.41 Å². The van der Waals surface area contributed by atoms with Gasteiger partial charge in [-0.2, -0.15) is 0 Å². The summed E-state index contributed by atoms with van der Waals surface area (Å²) in [5.41, 5.74) is 3.09. The van der Waals surface area contributed by atoms with Crippen molar-refractivity contribution in [3.05, 3.63) is 22.9 Å². The summed E-state index contributed by atoms with van der Waals surface area (Å²) in [5, 5.41) is 3.01. The van der Waals surface area contributed by atoms with Crippen molar-refractivity contribution in [3.8, 4) is 0 Å². The van der Waals surface area contributed by atoms with Crippen LogP contribution in [-0.2, 0) is 11.3 Å². The normalized spacial score (nSPS) is 11.8. The first-order valence-electron chi connectivity index (χ1n) is 9.26. The number of carbonyl (C=O) groups is 1. The monoisotopic (exact) mass is 333 g/mol. The van der Waals surface area contributed by atoms with E-state index in [1.165, 1.54) is 11.1 Å². The van der Waals surface area contributed by atoms with Crippen LogP contribution in [0.4, 0.5) is 5.82 Å². The molecule has 0 unspecified atom stereocenters. The summed E-state index contributed by atoms with van der Waals surface area (Å²) in [6.45, 7) is 17.6. The van der Waals surface area contributed by atoms with E-state index in [4.69, 9.17) is 0 Å². The van der Waals surface area contributed by atoms with Gasteiger partial charge in [0.15, 0.2) is 0 Å². The predicted octanol–water partition coefficient (Wildman–Crippen LogP) is 4.70. The Labute approximate surface area is 148 Å². The topological polar surface area (TPSA) is 45.2 Å². The van der Waals surface area contributed by atoms with Crippen molar-refractivity contribution >= 4 is 11.7 Å². The molecule has 0 spiro atoms. The van der Waals surface area contributed by atoms with Gasteiger partial charge in [0, 0.05) is 17.7 Å². The van der Waals surface area contributed by atoms with E-state index in [1.807, 2.05) is 33.8 Å². The van der Waals surface area contributed by atoms with Gasteiger partial charge in [0.25, 0.3) is 0 Å². The van der Waals surface area contributed by atoms with Crippen LogP contribution in [-0.4, -0.2) is 28.9 Å². The van der Waals surface area contributed by atoms with Gasteiger partial charge in [0.05, 0.1) is 0 Å². The van der Waals surface area contributed by atoms with Crippen LogP contribution in [0.5, 0.6) is 0 Å². The fraction of sp³-hybridized carbons (Fsp3) is 0.700. The van der Waals surface area contributed by atoms with Crippen LogP contribution in [0.15, 0.2) is 6.07 Å². The fourth-order valence-corrected chi connectivity index (χ4v) is 2.62. The average Bonchev–Trinajstić information content (AvgIpc) is 2.52. The van der Waals surface area contributed by atoms with Crippen LogP contribution in [0.3, 0.4) is 0 Å². The number of hydrogen-bond acceptors (Lipinski definition) is 3. The highest BCUT2D eigenvalue weighted by molar-refractivity contribution is 5.94. The molecule has 136 valence electrons. The van der Waals surface area contributed by atoms with Gasteiger partial charge in [0.2, 0.25) is 5.91 Å². The van der Waals surface area contributed by atoms with Gasteiger partial charge in [0.1, 0.15) is 5.82 Å². The van der Waals surface area contributed by atoms with Gasteiger partial charge in [-0.3, -0.25) is 9.69 Å². The lowest BCUT2D eigenvalue weighted by molar-refractivity contribution is -0.124. The minimum atomic E-state index is -0.378. The van der Waals surface area contributed by atoms with Crippen molar-refractivity contribution in [1.82, 2.24) is 9.88 Å². The van der Waals surface area contributed by atoms with Crippen molar-refractivity contribution < 1.29 is 4.79 Å². The zero-order valence-corrected chi connectivity index (χ0v) is 16.6. The number of carbonyl (C=O) groups excluding carboxylic acids is 1. The van der Waals surface area contributed by atoms with Crippen LogP contribution < -0.4 is 5.32 Å². The molecule has 1 rings (SSSR count). The third-order valence-corrected chi connectivity index (χ3v) is 4.84. The fourth-order valence-electron chi connectivity index (χ4n) is 2.62. The molecule has 0 saturated heterocycles. The van der Waals surface area contributed by atoms with Gasteiger partial charge in [-0.25, -0.2) is 4.98 Å². The lowest BCUT2D eigenvalue weighted by Crippen LogP contribution is -2.30. The molecule has 1 aromatic rings. The Kier molecular flexibility index (Phi) is 7.88. The summed E-state index contributed by atoms with van der Waals surface area (Å²) >= 11 is 0. The van der Waals surface area contributed by atoms with Crippen molar-refractivity contribution in [2.45, 2.75) is 74.3 Å². The first-order valence-corrected chi connectivity index (χ1v) is 9.26. The minimum Gasteiger partial charge on any atom is -0.310 e. The lowest BCUT2D eigenvalue weighted by atomic mass is 9.89. The molecule has 0 fully saturated rings. The molecule has 4 nitrogen and oxygen atoms in total. The number of pyridine rings is 1. The molecular weight excluding hydrogens is 298 g/mol. The number of aryl methyl sites for hydroxylation is 1. The molecule has 0 aliphatic rings. The van der Waals surface area contributed by atoms with Gasteiger partial charge < -0.3 is 5.32 Å². The second-order valence-electron chi connectivity index (χ2n) is 7.34. The summed E-state index contributed by atoms with van der Waals surface area (Å²) < 4.78 is 0. The second-order valence-corrected chi connectivity index (χ2v) is 7.34. The Bertz CT molecular complexity index is 546. The predicted molar refractivity (Wildman–Crippen MR) is 102 cm³/mol. The van der Waals surface area contributed by atoms with E-state index in [-0.39, 0.29) is 11.3 Å². The molecule has 0 atom stereocenters. The minimum absolute atomic E-state index is 0.0330. The SMILES string of the molecule is CCCN(CCC)Cc1cc(NC(=O)C(C)(C)CC)nc(C)c1C.